The number of ketones is 1. The Morgan fingerprint density at radius 3 is 2.52 bits per heavy atom. The Morgan fingerprint density at radius 2 is 1.78 bits per heavy atom. The van der Waals surface area contributed by atoms with Gasteiger partial charge in [-0.1, -0.05) is 35.3 Å². The van der Waals surface area contributed by atoms with Crippen molar-refractivity contribution in [3.8, 4) is 0 Å². The molecular weight excluding hydrogens is 339 g/mol. The molecule has 116 valence electrons. The van der Waals surface area contributed by atoms with Crippen LogP contribution in [0.1, 0.15) is 10.4 Å². The summed E-state index contributed by atoms with van der Waals surface area (Å²) in [5, 5.41) is 3.30. The normalized spacial score (nSPS) is 13.2. The molecule has 2 aromatic rings. The van der Waals surface area contributed by atoms with Gasteiger partial charge in [-0.15, -0.1) is 0 Å². The van der Waals surface area contributed by atoms with Gasteiger partial charge < -0.3 is 5.32 Å². The Morgan fingerprint density at radius 1 is 1.04 bits per heavy atom. The van der Waals surface area contributed by atoms with E-state index >= 15 is 0 Å². The lowest BCUT2D eigenvalue weighted by molar-refractivity contribution is -0.118. The van der Waals surface area contributed by atoms with Gasteiger partial charge in [0.2, 0.25) is 5.91 Å². The summed E-state index contributed by atoms with van der Waals surface area (Å²) in [5.41, 5.74) is 1.20. The highest BCUT2D eigenvalue weighted by atomic mass is 35.5. The zero-order valence-electron chi connectivity index (χ0n) is 11.7. The topological polar surface area (TPSA) is 66.5 Å². The van der Waals surface area contributed by atoms with Crippen molar-refractivity contribution in [2.24, 2.45) is 0 Å². The predicted octanol–water partition coefficient (Wildman–Crippen LogP) is 3.16. The minimum atomic E-state index is -0.713. The fourth-order valence-electron chi connectivity index (χ4n) is 2.32. The van der Waals surface area contributed by atoms with Crippen molar-refractivity contribution in [1.82, 2.24) is 0 Å². The van der Waals surface area contributed by atoms with Crippen molar-refractivity contribution >= 4 is 52.2 Å². The average molecular weight is 349 g/mol. The molecule has 0 bridgehead atoms. The number of halogens is 2. The molecule has 0 spiro atoms. The van der Waals surface area contributed by atoms with E-state index in [1.807, 2.05) is 0 Å². The van der Waals surface area contributed by atoms with Gasteiger partial charge in [-0.2, -0.15) is 0 Å². The van der Waals surface area contributed by atoms with Crippen LogP contribution >= 0.6 is 23.2 Å². The molecule has 2 aromatic carbocycles. The fraction of sp³-hybridized carbons (Fsp3) is 0.0625. The Labute approximate surface area is 141 Å². The number of hydrogen-bond donors (Lipinski definition) is 1. The molecule has 23 heavy (non-hydrogen) atoms. The van der Waals surface area contributed by atoms with Crippen molar-refractivity contribution in [1.29, 1.82) is 0 Å². The summed E-state index contributed by atoms with van der Waals surface area (Å²) < 4.78 is 0. The van der Waals surface area contributed by atoms with Crippen LogP contribution in [0.2, 0.25) is 10.0 Å². The third-order valence-electron chi connectivity index (χ3n) is 3.38. The van der Waals surface area contributed by atoms with Crippen LogP contribution in [0.25, 0.3) is 0 Å². The maximum Gasteiger partial charge on any atom is 0.299 e. The quantitative estimate of drug-likeness (QED) is 0.866. The van der Waals surface area contributed by atoms with Crippen LogP contribution in [0, 0.1) is 0 Å². The van der Waals surface area contributed by atoms with Crippen LogP contribution < -0.4 is 10.2 Å². The summed E-state index contributed by atoms with van der Waals surface area (Å²) in [4.78, 5) is 37.2. The third-order valence-corrected chi connectivity index (χ3v) is 4.12. The van der Waals surface area contributed by atoms with Crippen LogP contribution in [0.4, 0.5) is 11.4 Å². The van der Waals surface area contributed by atoms with Crippen molar-refractivity contribution in [2.75, 3.05) is 16.8 Å². The highest BCUT2D eigenvalue weighted by Gasteiger charge is 2.36. The van der Waals surface area contributed by atoms with E-state index in [-0.39, 0.29) is 6.54 Å². The predicted molar refractivity (Wildman–Crippen MR) is 88.2 cm³/mol. The first-order valence-electron chi connectivity index (χ1n) is 6.67. The second-order valence-electron chi connectivity index (χ2n) is 4.91. The van der Waals surface area contributed by atoms with Crippen molar-refractivity contribution in [2.45, 2.75) is 0 Å². The number of fused-ring (bicyclic) bond motifs is 1. The summed E-state index contributed by atoms with van der Waals surface area (Å²) in [6.45, 7) is -0.262. The number of anilines is 2. The summed E-state index contributed by atoms with van der Waals surface area (Å²) >= 11 is 11.7. The van der Waals surface area contributed by atoms with Crippen molar-refractivity contribution in [3.05, 3.63) is 58.1 Å². The van der Waals surface area contributed by atoms with Crippen molar-refractivity contribution in [3.63, 3.8) is 0 Å². The highest BCUT2D eigenvalue weighted by molar-refractivity contribution is 6.52. The van der Waals surface area contributed by atoms with E-state index in [9.17, 15) is 14.4 Å². The third kappa shape index (κ3) is 2.93. The number of nitrogens with zero attached hydrogens (tertiary/aromatic N) is 1. The van der Waals surface area contributed by atoms with E-state index in [1.54, 1.807) is 36.4 Å². The molecule has 1 aliphatic heterocycles. The molecule has 5 nitrogen and oxygen atoms in total. The Bertz CT molecular complexity index is 836. The molecule has 7 heteroatoms. The molecule has 0 radical (unpaired) electrons. The van der Waals surface area contributed by atoms with E-state index in [0.29, 0.717) is 27.0 Å². The Balaban J connectivity index is 1.77. The van der Waals surface area contributed by atoms with E-state index in [2.05, 4.69) is 5.32 Å². The van der Waals surface area contributed by atoms with E-state index < -0.39 is 17.6 Å². The zero-order chi connectivity index (χ0) is 16.6. The number of rotatable bonds is 3. The molecule has 0 unspecified atom stereocenters. The standard InChI is InChI=1S/C16H10Cl2N2O3/c17-11-6-5-9(7-12(11)18)19-14(21)8-20-13-4-2-1-3-10(13)15(22)16(20)23/h1-7H,8H2,(H,19,21). The van der Waals surface area contributed by atoms with Gasteiger partial charge in [-0.25, -0.2) is 0 Å². The zero-order valence-corrected chi connectivity index (χ0v) is 13.2. The van der Waals surface area contributed by atoms with Gasteiger partial charge in [0.25, 0.3) is 11.7 Å². The number of amides is 2. The number of carbonyl (C=O) groups is 3. The number of carbonyl (C=O) groups excluding carboxylic acids is 3. The SMILES string of the molecule is O=C(CN1C(=O)C(=O)c2ccccc21)Nc1ccc(Cl)c(Cl)c1. The van der Waals surface area contributed by atoms with Crippen LogP contribution in [-0.2, 0) is 9.59 Å². The lowest BCUT2D eigenvalue weighted by atomic mass is 10.1. The number of nitrogens with one attached hydrogen (secondary N) is 1. The molecule has 1 aliphatic rings. The van der Waals surface area contributed by atoms with Gasteiger partial charge in [0.15, 0.2) is 0 Å². The van der Waals surface area contributed by atoms with Crippen molar-refractivity contribution < 1.29 is 14.4 Å². The van der Waals surface area contributed by atoms with Crippen LogP contribution in [0.3, 0.4) is 0 Å². The van der Waals surface area contributed by atoms with E-state index in [1.165, 1.54) is 6.07 Å². The summed E-state index contributed by atoms with van der Waals surface area (Å²) in [5.74, 6) is -1.76. The lowest BCUT2D eigenvalue weighted by Crippen LogP contribution is -2.37. The maximum absolute atomic E-state index is 12.1. The van der Waals surface area contributed by atoms with E-state index in [4.69, 9.17) is 23.2 Å². The number of benzene rings is 2. The first-order valence-corrected chi connectivity index (χ1v) is 7.43. The van der Waals surface area contributed by atoms with Gasteiger partial charge >= 0.3 is 0 Å². The van der Waals surface area contributed by atoms with Gasteiger partial charge in [-0.3, -0.25) is 19.3 Å². The second kappa shape index (κ2) is 6.02. The number of para-hydroxylation sites is 1. The summed E-state index contributed by atoms with van der Waals surface area (Å²) in [6, 6.07) is 11.2. The smallest absolute Gasteiger partial charge is 0.299 e. The van der Waals surface area contributed by atoms with Gasteiger partial charge in [-0.05, 0) is 30.3 Å². The monoisotopic (exact) mass is 348 g/mol. The first-order chi connectivity index (χ1) is 11.0. The van der Waals surface area contributed by atoms with Crippen LogP contribution in [0.5, 0.6) is 0 Å². The molecular formula is C16H10Cl2N2O3. The molecule has 0 fully saturated rings. The molecule has 0 aliphatic carbocycles. The second-order valence-corrected chi connectivity index (χ2v) is 5.73. The molecule has 0 saturated heterocycles. The highest BCUT2D eigenvalue weighted by Crippen LogP contribution is 2.28. The van der Waals surface area contributed by atoms with Gasteiger partial charge in [0.1, 0.15) is 6.54 Å². The summed E-state index contributed by atoms with van der Waals surface area (Å²) in [7, 11) is 0. The molecule has 1 heterocycles. The van der Waals surface area contributed by atoms with Gasteiger partial charge in [0, 0.05) is 5.69 Å². The lowest BCUT2D eigenvalue weighted by Gasteiger charge is -2.16. The van der Waals surface area contributed by atoms with Gasteiger partial charge in [0.05, 0.1) is 21.3 Å². The Hall–Kier alpha value is -2.37. The summed E-state index contributed by atoms with van der Waals surface area (Å²) in [6.07, 6.45) is 0. The largest absolute Gasteiger partial charge is 0.324 e. The molecule has 0 atom stereocenters. The minimum Gasteiger partial charge on any atom is -0.324 e. The number of hydrogen-bond acceptors (Lipinski definition) is 3. The molecule has 0 saturated carbocycles. The molecule has 2 amide bonds. The number of Topliss-reactive ketones (excluding diaryl/α,β-unsaturated/α-hetero) is 1. The Kier molecular flexibility index (Phi) is 4.07. The maximum atomic E-state index is 12.1. The molecule has 3 rings (SSSR count). The fourth-order valence-corrected chi connectivity index (χ4v) is 2.62. The molecule has 0 aromatic heterocycles. The van der Waals surface area contributed by atoms with Crippen LogP contribution in [-0.4, -0.2) is 24.1 Å². The minimum absolute atomic E-state index is 0.262. The molecule has 1 N–H and O–H groups in total. The average Bonchev–Trinajstić information content (AvgIpc) is 2.76. The van der Waals surface area contributed by atoms with Crippen LogP contribution in [0.15, 0.2) is 42.5 Å². The first kappa shape index (κ1) is 15.5. The van der Waals surface area contributed by atoms with E-state index in [0.717, 1.165) is 4.90 Å².